The fraction of sp³-hybridized carbons (Fsp3) is 0.200. The zero-order chi connectivity index (χ0) is 17.1. The van der Waals surface area contributed by atoms with E-state index in [1.54, 1.807) is 24.3 Å². The molecule has 0 fully saturated rings. The van der Waals surface area contributed by atoms with Gasteiger partial charge in [0.15, 0.2) is 18.1 Å². The van der Waals surface area contributed by atoms with Crippen LogP contribution in [0.5, 0.6) is 11.5 Å². The molecule has 2 N–H and O–H groups in total. The number of aromatic nitrogens is 3. The van der Waals surface area contributed by atoms with Crippen LogP contribution in [0.1, 0.15) is 12.5 Å². The van der Waals surface area contributed by atoms with Crippen LogP contribution in [0.3, 0.4) is 0 Å². The number of fused-ring (bicyclic) bond motifs is 1. The third kappa shape index (κ3) is 3.20. The van der Waals surface area contributed by atoms with E-state index in [0.29, 0.717) is 27.6 Å². The number of nitrogens with two attached hydrogens (primary N) is 1. The highest BCUT2D eigenvalue weighted by atomic mass is 32.1. The SMILES string of the molecule is CCOc1cc(/C=c2\sc3ncnn3c2=O)ccc1OCC(N)=O. The van der Waals surface area contributed by atoms with Gasteiger partial charge in [0.2, 0.25) is 4.96 Å². The van der Waals surface area contributed by atoms with E-state index in [2.05, 4.69) is 10.1 Å². The average Bonchev–Trinajstić information content (AvgIpc) is 3.11. The second-order valence-corrected chi connectivity index (χ2v) is 5.77. The Bertz CT molecular complexity index is 995. The minimum absolute atomic E-state index is 0.223. The Kier molecular flexibility index (Phi) is 4.43. The number of benzene rings is 1. The minimum atomic E-state index is -0.571. The van der Waals surface area contributed by atoms with Gasteiger partial charge in [0.05, 0.1) is 11.1 Å². The maximum atomic E-state index is 12.2. The van der Waals surface area contributed by atoms with E-state index in [1.807, 2.05) is 6.92 Å². The summed E-state index contributed by atoms with van der Waals surface area (Å²) in [6.45, 7) is 2.03. The van der Waals surface area contributed by atoms with Crippen molar-refractivity contribution in [3.63, 3.8) is 0 Å². The molecule has 1 aromatic carbocycles. The first-order chi connectivity index (χ1) is 11.6. The van der Waals surface area contributed by atoms with Gasteiger partial charge in [0.1, 0.15) is 6.33 Å². The van der Waals surface area contributed by atoms with Crippen molar-refractivity contribution < 1.29 is 14.3 Å². The highest BCUT2D eigenvalue weighted by Gasteiger charge is 2.09. The first kappa shape index (κ1) is 15.9. The Hall–Kier alpha value is -2.94. The van der Waals surface area contributed by atoms with Crippen LogP contribution in [0, 0.1) is 0 Å². The maximum Gasteiger partial charge on any atom is 0.291 e. The number of thiazole rings is 1. The first-order valence-electron chi connectivity index (χ1n) is 7.10. The fourth-order valence-corrected chi connectivity index (χ4v) is 2.96. The second kappa shape index (κ2) is 6.67. The van der Waals surface area contributed by atoms with Gasteiger partial charge in [0, 0.05) is 0 Å². The number of ether oxygens (including phenoxy) is 2. The van der Waals surface area contributed by atoms with Gasteiger partial charge in [-0.15, -0.1) is 0 Å². The molecule has 2 heterocycles. The van der Waals surface area contributed by atoms with Gasteiger partial charge in [-0.3, -0.25) is 9.59 Å². The number of primary amides is 1. The molecular weight excluding hydrogens is 332 g/mol. The lowest BCUT2D eigenvalue weighted by Gasteiger charge is -2.11. The van der Waals surface area contributed by atoms with Crippen molar-refractivity contribution in [1.82, 2.24) is 14.6 Å². The van der Waals surface area contributed by atoms with Crippen LogP contribution in [0.4, 0.5) is 0 Å². The topological polar surface area (TPSA) is 109 Å². The summed E-state index contributed by atoms with van der Waals surface area (Å²) in [5, 5.41) is 3.88. The Balaban J connectivity index is 1.98. The smallest absolute Gasteiger partial charge is 0.291 e. The van der Waals surface area contributed by atoms with Gasteiger partial charge < -0.3 is 15.2 Å². The minimum Gasteiger partial charge on any atom is -0.490 e. The molecule has 3 aromatic rings. The van der Waals surface area contributed by atoms with E-state index >= 15 is 0 Å². The Morgan fingerprint density at radius 1 is 1.38 bits per heavy atom. The summed E-state index contributed by atoms with van der Waals surface area (Å²) in [5.74, 6) is 0.315. The largest absolute Gasteiger partial charge is 0.490 e. The van der Waals surface area contributed by atoms with Crippen molar-refractivity contribution in [2.45, 2.75) is 6.92 Å². The summed E-state index contributed by atoms with van der Waals surface area (Å²) in [6, 6.07) is 5.16. The van der Waals surface area contributed by atoms with Crippen LogP contribution in [0.25, 0.3) is 11.0 Å². The van der Waals surface area contributed by atoms with Gasteiger partial charge >= 0.3 is 0 Å². The van der Waals surface area contributed by atoms with E-state index in [9.17, 15) is 9.59 Å². The predicted molar refractivity (Wildman–Crippen MR) is 88.2 cm³/mol. The molecule has 0 unspecified atom stereocenters. The van der Waals surface area contributed by atoms with E-state index in [0.717, 1.165) is 5.56 Å². The lowest BCUT2D eigenvalue weighted by atomic mass is 10.2. The number of amides is 1. The molecule has 3 rings (SSSR count). The number of hydrogen-bond donors (Lipinski definition) is 1. The van der Waals surface area contributed by atoms with Crippen LogP contribution in [0.15, 0.2) is 29.3 Å². The normalized spacial score (nSPS) is 11.8. The molecule has 0 atom stereocenters. The molecule has 0 aliphatic heterocycles. The molecule has 0 radical (unpaired) electrons. The quantitative estimate of drug-likeness (QED) is 0.671. The van der Waals surface area contributed by atoms with E-state index in [1.165, 1.54) is 22.2 Å². The molecule has 24 heavy (non-hydrogen) atoms. The van der Waals surface area contributed by atoms with Gasteiger partial charge in [0.25, 0.3) is 11.5 Å². The lowest BCUT2D eigenvalue weighted by Crippen LogP contribution is -2.23. The molecule has 0 spiro atoms. The summed E-state index contributed by atoms with van der Waals surface area (Å²) in [6.07, 6.45) is 3.07. The molecular formula is C15H14N4O4S. The van der Waals surface area contributed by atoms with E-state index in [-0.39, 0.29) is 12.2 Å². The molecule has 0 saturated carbocycles. The third-order valence-corrected chi connectivity index (χ3v) is 4.03. The molecule has 0 bridgehead atoms. The molecule has 9 heteroatoms. The standard InChI is InChI=1S/C15H14N4O4S/c1-2-22-11-5-9(3-4-10(11)23-7-13(16)20)6-12-14(21)19-15(24-12)17-8-18-19/h3-6,8H,2,7H2,1H3,(H2,16,20)/b12-6-. The van der Waals surface area contributed by atoms with Gasteiger partial charge in [-0.05, 0) is 30.7 Å². The monoisotopic (exact) mass is 346 g/mol. The van der Waals surface area contributed by atoms with Crippen LogP contribution in [0.2, 0.25) is 0 Å². The van der Waals surface area contributed by atoms with Crippen molar-refractivity contribution in [2.24, 2.45) is 5.73 Å². The molecule has 1 amide bonds. The zero-order valence-electron chi connectivity index (χ0n) is 12.8. The van der Waals surface area contributed by atoms with Crippen molar-refractivity contribution in [2.75, 3.05) is 13.2 Å². The van der Waals surface area contributed by atoms with Crippen LogP contribution >= 0.6 is 11.3 Å². The summed E-state index contributed by atoms with van der Waals surface area (Å²) in [5.41, 5.74) is 5.61. The predicted octanol–water partition coefficient (Wildman–Crippen LogP) is -0.0385. The summed E-state index contributed by atoms with van der Waals surface area (Å²) in [4.78, 5) is 27.6. The molecule has 124 valence electrons. The number of hydrogen-bond acceptors (Lipinski definition) is 7. The summed E-state index contributed by atoms with van der Waals surface area (Å²) < 4.78 is 12.6. The molecule has 0 aliphatic rings. The van der Waals surface area contributed by atoms with Crippen molar-refractivity contribution in [1.29, 1.82) is 0 Å². The Labute approximate surface area is 140 Å². The zero-order valence-corrected chi connectivity index (χ0v) is 13.6. The maximum absolute atomic E-state index is 12.2. The number of carbonyl (C=O) groups is 1. The van der Waals surface area contributed by atoms with Gasteiger partial charge in [-0.25, -0.2) is 4.98 Å². The van der Waals surface area contributed by atoms with Crippen molar-refractivity contribution in [3.8, 4) is 11.5 Å². The fourth-order valence-electron chi connectivity index (χ4n) is 2.08. The van der Waals surface area contributed by atoms with Gasteiger partial charge in [-0.2, -0.15) is 9.61 Å². The number of rotatable bonds is 6. The number of nitrogens with zero attached hydrogens (tertiary/aromatic N) is 3. The van der Waals surface area contributed by atoms with E-state index < -0.39 is 5.91 Å². The highest BCUT2D eigenvalue weighted by molar-refractivity contribution is 7.15. The highest BCUT2D eigenvalue weighted by Crippen LogP contribution is 2.28. The van der Waals surface area contributed by atoms with Crippen molar-refractivity contribution >= 4 is 28.3 Å². The van der Waals surface area contributed by atoms with Crippen LogP contribution in [-0.4, -0.2) is 33.7 Å². The molecule has 0 saturated heterocycles. The Morgan fingerprint density at radius 2 is 2.21 bits per heavy atom. The summed E-state index contributed by atoms with van der Waals surface area (Å²) in [7, 11) is 0. The first-order valence-corrected chi connectivity index (χ1v) is 7.92. The molecule has 8 nitrogen and oxygen atoms in total. The number of carbonyl (C=O) groups excluding carboxylic acids is 1. The second-order valence-electron chi connectivity index (χ2n) is 4.76. The third-order valence-electron chi connectivity index (χ3n) is 3.06. The molecule has 2 aromatic heterocycles. The van der Waals surface area contributed by atoms with Crippen molar-refractivity contribution in [3.05, 3.63) is 45.0 Å². The van der Waals surface area contributed by atoms with Crippen LogP contribution in [-0.2, 0) is 4.79 Å². The summed E-state index contributed by atoms with van der Waals surface area (Å²) >= 11 is 1.25. The average molecular weight is 346 g/mol. The van der Waals surface area contributed by atoms with Gasteiger partial charge in [-0.1, -0.05) is 17.4 Å². The van der Waals surface area contributed by atoms with Crippen LogP contribution < -0.4 is 25.3 Å². The molecule has 0 aliphatic carbocycles. The lowest BCUT2D eigenvalue weighted by molar-refractivity contribution is -0.119. The Morgan fingerprint density at radius 3 is 2.92 bits per heavy atom. The van der Waals surface area contributed by atoms with E-state index in [4.69, 9.17) is 15.2 Å².